The van der Waals surface area contributed by atoms with Crippen LogP contribution in [0.25, 0.3) is 5.69 Å². The van der Waals surface area contributed by atoms with Crippen LogP contribution in [-0.4, -0.2) is 39.6 Å². The molecule has 0 aliphatic carbocycles. The molecule has 1 fully saturated rings. The number of carbonyl (C=O) groups excluding carboxylic acids is 2. The van der Waals surface area contributed by atoms with E-state index >= 15 is 0 Å². The third-order valence-electron chi connectivity index (χ3n) is 4.44. The average Bonchev–Trinajstić information content (AvgIpc) is 3.11. The largest absolute Gasteiger partial charge is 0.369 e. The van der Waals surface area contributed by atoms with Crippen LogP contribution >= 0.6 is 0 Å². The minimum atomic E-state index is -0.383. The Morgan fingerprint density at radius 2 is 1.92 bits per heavy atom. The van der Waals surface area contributed by atoms with Gasteiger partial charge in [-0.15, -0.1) is 0 Å². The molecule has 7 heteroatoms. The third-order valence-corrected chi connectivity index (χ3v) is 4.44. The van der Waals surface area contributed by atoms with E-state index in [0.29, 0.717) is 24.5 Å². The van der Waals surface area contributed by atoms with Crippen molar-refractivity contribution in [1.29, 1.82) is 0 Å². The summed E-state index contributed by atoms with van der Waals surface area (Å²) < 4.78 is 14.6. The van der Waals surface area contributed by atoms with Gasteiger partial charge in [0.2, 0.25) is 5.91 Å². The molecule has 126 valence electrons. The second-order valence-corrected chi connectivity index (χ2v) is 6.26. The maximum absolute atomic E-state index is 13.1. The minimum Gasteiger partial charge on any atom is -0.369 e. The summed E-state index contributed by atoms with van der Waals surface area (Å²) in [4.78, 5) is 25.7. The van der Waals surface area contributed by atoms with Crippen LogP contribution in [0.3, 0.4) is 0 Å². The summed E-state index contributed by atoms with van der Waals surface area (Å²) in [7, 11) is 0. The molecule has 1 aromatic carbocycles. The molecular formula is C17H19FN4O2. The number of nitrogens with zero attached hydrogens (tertiary/aromatic N) is 3. The quantitative estimate of drug-likeness (QED) is 0.926. The van der Waals surface area contributed by atoms with E-state index in [-0.39, 0.29) is 29.5 Å². The normalized spacial score (nSPS) is 20.4. The highest BCUT2D eigenvalue weighted by molar-refractivity contribution is 5.93. The lowest BCUT2D eigenvalue weighted by Gasteiger charge is -2.14. The zero-order valence-electron chi connectivity index (χ0n) is 13.6. The van der Waals surface area contributed by atoms with E-state index in [1.165, 1.54) is 12.1 Å². The molecule has 0 bridgehead atoms. The number of nitrogens with two attached hydrogens (primary N) is 1. The van der Waals surface area contributed by atoms with E-state index in [4.69, 9.17) is 5.73 Å². The van der Waals surface area contributed by atoms with Gasteiger partial charge in [0, 0.05) is 18.8 Å². The predicted octanol–water partition coefficient (Wildman–Crippen LogP) is 1.51. The first kappa shape index (κ1) is 16.2. The van der Waals surface area contributed by atoms with E-state index < -0.39 is 0 Å². The van der Waals surface area contributed by atoms with Crippen LogP contribution in [0, 0.1) is 24.6 Å². The molecule has 1 aliphatic heterocycles. The summed E-state index contributed by atoms with van der Waals surface area (Å²) in [5, 5.41) is 4.34. The molecule has 0 unspecified atom stereocenters. The van der Waals surface area contributed by atoms with Gasteiger partial charge in [0.15, 0.2) is 5.69 Å². The number of carbonyl (C=O) groups is 2. The first-order valence-corrected chi connectivity index (χ1v) is 7.78. The molecule has 1 aromatic heterocycles. The van der Waals surface area contributed by atoms with Crippen LogP contribution in [0.5, 0.6) is 0 Å². The Kier molecular flexibility index (Phi) is 4.09. The van der Waals surface area contributed by atoms with E-state index in [1.807, 2.05) is 13.8 Å². The first-order valence-electron chi connectivity index (χ1n) is 7.78. The fraction of sp³-hybridized carbons (Fsp3) is 0.353. The molecule has 2 amide bonds. The van der Waals surface area contributed by atoms with Gasteiger partial charge < -0.3 is 10.6 Å². The topological polar surface area (TPSA) is 81.2 Å². The van der Waals surface area contributed by atoms with Gasteiger partial charge in [0.05, 0.1) is 11.6 Å². The molecule has 2 heterocycles. The van der Waals surface area contributed by atoms with Crippen molar-refractivity contribution in [3.05, 3.63) is 47.5 Å². The molecule has 0 spiro atoms. The fourth-order valence-corrected chi connectivity index (χ4v) is 3.09. The summed E-state index contributed by atoms with van der Waals surface area (Å²) in [6.45, 7) is 4.53. The highest BCUT2D eigenvalue weighted by Crippen LogP contribution is 2.24. The van der Waals surface area contributed by atoms with Crippen LogP contribution in [0.1, 0.15) is 23.1 Å². The van der Waals surface area contributed by atoms with Crippen molar-refractivity contribution in [1.82, 2.24) is 14.7 Å². The van der Waals surface area contributed by atoms with Crippen molar-refractivity contribution in [3.8, 4) is 5.69 Å². The number of amides is 2. The monoisotopic (exact) mass is 330 g/mol. The molecule has 1 aliphatic rings. The van der Waals surface area contributed by atoms with Gasteiger partial charge in [0.25, 0.3) is 5.91 Å². The third kappa shape index (κ3) is 2.89. The van der Waals surface area contributed by atoms with Gasteiger partial charge in [0.1, 0.15) is 5.82 Å². The molecule has 0 radical (unpaired) electrons. The number of rotatable bonds is 3. The lowest BCUT2D eigenvalue weighted by Crippen LogP contribution is -2.32. The Labute approximate surface area is 139 Å². The van der Waals surface area contributed by atoms with Crippen molar-refractivity contribution in [2.75, 3.05) is 13.1 Å². The van der Waals surface area contributed by atoms with Crippen LogP contribution < -0.4 is 5.73 Å². The predicted molar refractivity (Wildman–Crippen MR) is 86.0 cm³/mol. The highest BCUT2D eigenvalue weighted by atomic mass is 19.1. The van der Waals surface area contributed by atoms with Gasteiger partial charge in [-0.2, -0.15) is 5.10 Å². The standard InChI is InChI=1S/C17H19FN4O2/c1-10-8-21(9-14(10)16(19)23)17(24)15-7-11(2)22(20-15)13-5-3-12(18)4-6-13/h3-7,10,14H,8-9H2,1-2H3,(H2,19,23)/t10-,14-/m1/s1. The van der Waals surface area contributed by atoms with Gasteiger partial charge in [-0.25, -0.2) is 9.07 Å². The second kappa shape index (κ2) is 6.07. The Bertz CT molecular complexity index is 784. The molecule has 24 heavy (non-hydrogen) atoms. The summed E-state index contributed by atoms with van der Waals surface area (Å²) in [6.07, 6.45) is 0. The Hall–Kier alpha value is -2.70. The van der Waals surface area contributed by atoms with Crippen LogP contribution in [-0.2, 0) is 4.79 Å². The Morgan fingerprint density at radius 3 is 2.50 bits per heavy atom. The number of halogens is 1. The number of benzene rings is 1. The van der Waals surface area contributed by atoms with Crippen molar-refractivity contribution in [3.63, 3.8) is 0 Å². The molecule has 6 nitrogen and oxygen atoms in total. The zero-order valence-corrected chi connectivity index (χ0v) is 13.6. The van der Waals surface area contributed by atoms with Crippen LogP contribution in [0.4, 0.5) is 4.39 Å². The summed E-state index contributed by atoms with van der Waals surface area (Å²) in [5.74, 6) is -1.23. The number of hydrogen-bond donors (Lipinski definition) is 1. The average molecular weight is 330 g/mol. The second-order valence-electron chi connectivity index (χ2n) is 6.26. The maximum Gasteiger partial charge on any atom is 0.274 e. The number of likely N-dealkylation sites (tertiary alicyclic amines) is 1. The number of aromatic nitrogens is 2. The molecule has 2 aromatic rings. The van der Waals surface area contributed by atoms with Gasteiger partial charge >= 0.3 is 0 Å². The lowest BCUT2D eigenvalue weighted by molar-refractivity contribution is -0.122. The Balaban J connectivity index is 1.83. The molecular weight excluding hydrogens is 311 g/mol. The highest BCUT2D eigenvalue weighted by Gasteiger charge is 2.36. The molecule has 2 N–H and O–H groups in total. The molecule has 2 atom stereocenters. The summed E-state index contributed by atoms with van der Waals surface area (Å²) >= 11 is 0. The molecule has 3 rings (SSSR count). The number of primary amides is 1. The molecule has 0 saturated carbocycles. The maximum atomic E-state index is 13.1. The van der Waals surface area contributed by atoms with Crippen LogP contribution in [0.2, 0.25) is 0 Å². The van der Waals surface area contributed by atoms with Crippen molar-refractivity contribution >= 4 is 11.8 Å². The van der Waals surface area contributed by atoms with Gasteiger partial charge in [-0.05, 0) is 43.2 Å². The molecule has 1 saturated heterocycles. The van der Waals surface area contributed by atoms with Crippen LogP contribution in [0.15, 0.2) is 30.3 Å². The van der Waals surface area contributed by atoms with Gasteiger partial charge in [-0.1, -0.05) is 6.92 Å². The minimum absolute atomic E-state index is 0.0340. The van der Waals surface area contributed by atoms with Crippen molar-refractivity contribution in [2.24, 2.45) is 17.6 Å². The van der Waals surface area contributed by atoms with Crippen molar-refractivity contribution in [2.45, 2.75) is 13.8 Å². The van der Waals surface area contributed by atoms with Crippen molar-refractivity contribution < 1.29 is 14.0 Å². The number of hydrogen-bond acceptors (Lipinski definition) is 3. The lowest BCUT2D eigenvalue weighted by atomic mass is 9.98. The Morgan fingerprint density at radius 1 is 1.25 bits per heavy atom. The fourth-order valence-electron chi connectivity index (χ4n) is 3.09. The zero-order chi connectivity index (χ0) is 17.4. The van der Waals surface area contributed by atoms with Gasteiger partial charge in [-0.3, -0.25) is 9.59 Å². The van der Waals surface area contributed by atoms with E-state index in [2.05, 4.69) is 5.10 Å². The SMILES string of the molecule is Cc1cc(C(=O)N2C[C@@H](C)[C@H](C(N)=O)C2)nn1-c1ccc(F)cc1. The first-order chi connectivity index (χ1) is 11.4. The number of aryl methyl sites for hydroxylation is 1. The van der Waals surface area contributed by atoms with E-state index in [1.54, 1.807) is 27.8 Å². The summed E-state index contributed by atoms with van der Waals surface area (Å²) in [6, 6.07) is 7.58. The summed E-state index contributed by atoms with van der Waals surface area (Å²) in [5.41, 5.74) is 7.12. The van der Waals surface area contributed by atoms with E-state index in [9.17, 15) is 14.0 Å². The van der Waals surface area contributed by atoms with E-state index in [0.717, 1.165) is 5.69 Å². The smallest absolute Gasteiger partial charge is 0.274 e.